The van der Waals surface area contributed by atoms with E-state index in [2.05, 4.69) is 28.1 Å². The highest BCUT2D eigenvalue weighted by atomic mass is 79.9. The minimum Gasteiger partial charge on any atom is -0.303 e. The lowest BCUT2D eigenvalue weighted by atomic mass is 9.71. The van der Waals surface area contributed by atoms with Crippen LogP contribution in [0.5, 0.6) is 0 Å². The molecule has 0 saturated heterocycles. The predicted molar refractivity (Wildman–Crippen MR) is 55.7 cm³/mol. The van der Waals surface area contributed by atoms with Gasteiger partial charge in [0, 0.05) is 10.4 Å². The standard InChI is InChI=1S/C11H11BrO/c12-10-4-1-8(2-5-10)11-6-3-9(11)7-13/h1-2,4-5,7,9,11H,3,6H2. The van der Waals surface area contributed by atoms with Gasteiger partial charge in [-0.25, -0.2) is 0 Å². The van der Waals surface area contributed by atoms with E-state index in [1.54, 1.807) is 0 Å². The van der Waals surface area contributed by atoms with Gasteiger partial charge in [-0.3, -0.25) is 0 Å². The molecular formula is C11H11BrO. The summed E-state index contributed by atoms with van der Waals surface area (Å²) in [5.41, 5.74) is 1.30. The lowest BCUT2D eigenvalue weighted by molar-refractivity contribution is -0.113. The van der Waals surface area contributed by atoms with Crippen molar-refractivity contribution in [3.05, 3.63) is 34.3 Å². The van der Waals surface area contributed by atoms with Gasteiger partial charge in [-0.2, -0.15) is 0 Å². The Morgan fingerprint density at radius 1 is 1.23 bits per heavy atom. The van der Waals surface area contributed by atoms with Crippen LogP contribution >= 0.6 is 15.9 Å². The first-order chi connectivity index (χ1) is 6.31. The Kier molecular flexibility index (Phi) is 2.49. The number of rotatable bonds is 2. The summed E-state index contributed by atoms with van der Waals surface area (Å²) in [6.45, 7) is 0. The summed E-state index contributed by atoms with van der Waals surface area (Å²) in [5, 5.41) is 0. The van der Waals surface area contributed by atoms with Crippen LogP contribution in [0.15, 0.2) is 28.7 Å². The summed E-state index contributed by atoms with van der Waals surface area (Å²) in [5.74, 6) is 0.742. The monoisotopic (exact) mass is 238 g/mol. The maximum Gasteiger partial charge on any atom is 0.123 e. The van der Waals surface area contributed by atoms with E-state index in [1.807, 2.05) is 12.1 Å². The molecule has 0 amide bonds. The second kappa shape index (κ2) is 3.62. The molecule has 1 nitrogen and oxygen atoms in total. The number of carbonyl (C=O) groups is 1. The first kappa shape index (κ1) is 8.95. The zero-order valence-corrected chi connectivity index (χ0v) is 8.83. The Labute approximate surface area is 86.3 Å². The molecule has 0 aromatic heterocycles. The number of carbonyl (C=O) groups excluding carboxylic acids is 1. The van der Waals surface area contributed by atoms with Gasteiger partial charge in [0.05, 0.1) is 0 Å². The molecule has 1 aromatic rings. The van der Waals surface area contributed by atoms with Gasteiger partial charge in [-0.1, -0.05) is 28.1 Å². The van der Waals surface area contributed by atoms with E-state index in [9.17, 15) is 4.79 Å². The number of halogens is 1. The lowest BCUT2D eigenvalue weighted by Crippen LogP contribution is -2.24. The van der Waals surface area contributed by atoms with Crippen molar-refractivity contribution in [1.29, 1.82) is 0 Å². The molecule has 1 aromatic carbocycles. The van der Waals surface area contributed by atoms with Gasteiger partial charge in [0.1, 0.15) is 6.29 Å². The van der Waals surface area contributed by atoms with Crippen molar-refractivity contribution < 1.29 is 4.79 Å². The molecule has 0 bridgehead atoms. The zero-order valence-electron chi connectivity index (χ0n) is 7.24. The Bertz CT molecular complexity index is 304. The van der Waals surface area contributed by atoms with Crippen LogP contribution in [0.3, 0.4) is 0 Å². The Balaban J connectivity index is 2.17. The second-order valence-corrected chi connectivity index (χ2v) is 4.45. The fourth-order valence-electron chi connectivity index (χ4n) is 1.81. The molecule has 0 N–H and O–H groups in total. The number of aldehydes is 1. The molecule has 2 atom stereocenters. The fourth-order valence-corrected chi connectivity index (χ4v) is 2.08. The first-order valence-electron chi connectivity index (χ1n) is 4.52. The Morgan fingerprint density at radius 3 is 2.38 bits per heavy atom. The molecule has 0 radical (unpaired) electrons. The third kappa shape index (κ3) is 1.68. The first-order valence-corrected chi connectivity index (χ1v) is 5.31. The van der Waals surface area contributed by atoms with Crippen LogP contribution in [0.1, 0.15) is 24.3 Å². The smallest absolute Gasteiger partial charge is 0.123 e. The molecule has 1 fully saturated rings. The van der Waals surface area contributed by atoms with E-state index in [1.165, 1.54) is 5.56 Å². The van der Waals surface area contributed by atoms with Crippen molar-refractivity contribution >= 4 is 22.2 Å². The second-order valence-electron chi connectivity index (χ2n) is 3.54. The fraction of sp³-hybridized carbons (Fsp3) is 0.364. The van der Waals surface area contributed by atoms with Crippen LogP contribution in [-0.4, -0.2) is 6.29 Å². The molecule has 1 aliphatic rings. The average molecular weight is 239 g/mol. The topological polar surface area (TPSA) is 17.1 Å². The zero-order chi connectivity index (χ0) is 9.26. The van der Waals surface area contributed by atoms with E-state index in [4.69, 9.17) is 0 Å². The number of benzene rings is 1. The van der Waals surface area contributed by atoms with E-state index < -0.39 is 0 Å². The van der Waals surface area contributed by atoms with Crippen molar-refractivity contribution in [3.8, 4) is 0 Å². The van der Waals surface area contributed by atoms with Crippen LogP contribution in [-0.2, 0) is 4.79 Å². The summed E-state index contributed by atoms with van der Waals surface area (Å²) in [6.07, 6.45) is 3.31. The van der Waals surface area contributed by atoms with Crippen LogP contribution in [0.2, 0.25) is 0 Å². The van der Waals surface area contributed by atoms with Crippen molar-refractivity contribution in [2.24, 2.45) is 5.92 Å². The highest BCUT2D eigenvalue weighted by molar-refractivity contribution is 9.10. The summed E-state index contributed by atoms with van der Waals surface area (Å²) in [7, 11) is 0. The van der Waals surface area contributed by atoms with E-state index in [0.29, 0.717) is 5.92 Å². The van der Waals surface area contributed by atoms with Crippen molar-refractivity contribution in [2.75, 3.05) is 0 Å². The largest absolute Gasteiger partial charge is 0.303 e. The Morgan fingerprint density at radius 2 is 1.92 bits per heavy atom. The normalized spacial score (nSPS) is 26.5. The summed E-state index contributed by atoms with van der Waals surface area (Å²) in [6, 6.07) is 8.28. The minimum absolute atomic E-state index is 0.265. The Hall–Kier alpha value is -0.630. The molecule has 1 aliphatic carbocycles. The minimum atomic E-state index is 0.265. The van der Waals surface area contributed by atoms with Crippen LogP contribution in [0, 0.1) is 5.92 Å². The van der Waals surface area contributed by atoms with Crippen LogP contribution in [0.25, 0.3) is 0 Å². The van der Waals surface area contributed by atoms with Crippen LogP contribution < -0.4 is 0 Å². The maximum atomic E-state index is 10.6. The third-order valence-corrected chi connectivity index (χ3v) is 3.33. The molecule has 2 heteroatoms. The van der Waals surface area contributed by atoms with Crippen LogP contribution in [0.4, 0.5) is 0 Å². The summed E-state index contributed by atoms with van der Waals surface area (Å²) in [4.78, 5) is 10.6. The van der Waals surface area contributed by atoms with Gasteiger partial charge < -0.3 is 4.79 Å². The third-order valence-electron chi connectivity index (χ3n) is 2.80. The van der Waals surface area contributed by atoms with Crippen molar-refractivity contribution in [1.82, 2.24) is 0 Å². The number of hydrogen-bond donors (Lipinski definition) is 0. The van der Waals surface area contributed by atoms with Gasteiger partial charge in [0.15, 0.2) is 0 Å². The van der Waals surface area contributed by atoms with Gasteiger partial charge in [-0.05, 0) is 36.5 Å². The van der Waals surface area contributed by atoms with Gasteiger partial charge in [0.2, 0.25) is 0 Å². The molecule has 1 saturated carbocycles. The predicted octanol–water partition coefficient (Wildman–Crippen LogP) is 3.14. The number of hydrogen-bond acceptors (Lipinski definition) is 1. The molecule has 68 valence electrons. The van der Waals surface area contributed by atoms with Gasteiger partial charge in [-0.15, -0.1) is 0 Å². The van der Waals surface area contributed by atoms with Crippen molar-refractivity contribution in [2.45, 2.75) is 18.8 Å². The summed E-state index contributed by atoms with van der Waals surface area (Å²) >= 11 is 3.40. The SMILES string of the molecule is O=CC1CCC1c1ccc(Br)cc1. The van der Waals surface area contributed by atoms with Gasteiger partial charge in [0.25, 0.3) is 0 Å². The highest BCUT2D eigenvalue weighted by Crippen LogP contribution is 2.41. The molecule has 13 heavy (non-hydrogen) atoms. The maximum absolute atomic E-state index is 10.6. The lowest BCUT2D eigenvalue weighted by Gasteiger charge is -2.32. The van der Waals surface area contributed by atoms with Crippen molar-refractivity contribution in [3.63, 3.8) is 0 Å². The van der Waals surface area contributed by atoms with Gasteiger partial charge >= 0.3 is 0 Å². The van der Waals surface area contributed by atoms with E-state index in [0.717, 1.165) is 23.6 Å². The molecule has 0 aliphatic heterocycles. The molecule has 2 rings (SSSR count). The average Bonchev–Trinajstić information content (AvgIpc) is 2.08. The molecule has 2 unspecified atom stereocenters. The summed E-state index contributed by atoms with van der Waals surface area (Å²) < 4.78 is 1.10. The van der Waals surface area contributed by atoms with E-state index >= 15 is 0 Å². The quantitative estimate of drug-likeness (QED) is 0.724. The molecular weight excluding hydrogens is 228 g/mol. The molecule has 0 spiro atoms. The highest BCUT2D eigenvalue weighted by Gasteiger charge is 2.31. The van der Waals surface area contributed by atoms with E-state index in [-0.39, 0.29) is 5.92 Å². The molecule has 0 heterocycles.